The zero-order chi connectivity index (χ0) is 19.8. The molecule has 1 atom stereocenters. The van der Waals surface area contributed by atoms with Crippen LogP contribution in [0.4, 0.5) is 0 Å². The van der Waals surface area contributed by atoms with Gasteiger partial charge in [0.2, 0.25) is 0 Å². The van der Waals surface area contributed by atoms with E-state index in [1.807, 2.05) is 15.5 Å². The molecule has 0 radical (unpaired) electrons. The molecule has 2 saturated heterocycles. The molecular weight excluding hydrogens is 352 g/mol. The van der Waals surface area contributed by atoms with Gasteiger partial charge in [-0.05, 0) is 66.4 Å². The van der Waals surface area contributed by atoms with Crippen molar-refractivity contribution in [2.45, 2.75) is 51.1 Å². The molecule has 4 heterocycles. The van der Waals surface area contributed by atoms with Crippen LogP contribution in [0.1, 0.15) is 55.2 Å². The van der Waals surface area contributed by atoms with Gasteiger partial charge in [0.05, 0.1) is 0 Å². The molecular formula is C21H32N6O. The third-order valence-corrected chi connectivity index (χ3v) is 6.52. The topological polar surface area (TPSA) is 57.0 Å². The third kappa shape index (κ3) is 3.53. The maximum atomic E-state index is 13.1. The summed E-state index contributed by atoms with van der Waals surface area (Å²) in [6.07, 6.45) is 6.91. The minimum Gasteiger partial charge on any atom is -0.336 e. The molecule has 2 aliphatic rings. The number of piperidine rings is 1. The van der Waals surface area contributed by atoms with Crippen LogP contribution in [-0.2, 0) is 0 Å². The fourth-order valence-electron chi connectivity index (χ4n) is 4.61. The highest BCUT2D eigenvalue weighted by atomic mass is 16.2. The van der Waals surface area contributed by atoms with Crippen LogP contribution in [0.25, 0.3) is 5.65 Å². The summed E-state index contributed by atoms with van der Waals surface area (Å²) >= 11 is 0. The lowest BCUT2D eigenvalue weighted by atomic mass is 9.92. The average molecular weight is 385 g/mol. The SMILES string of the molecule is CC(C)N1CCC(c2ccnc3c(C(=O)N4CCC(N(C)C)C4)ncn23)CC1. The standard InChI is InChI=1S/C21H32N6O/c1-15(2)25-10-6-16(7-11-25)18-5-9-22-20-19(23-14-27(18)20)21(28)26-12-8-17(13-26)24(3)4/h5,9,14-17H,6-8,10-13H2,1-4H3. The van der Waals surface area contributed by atoms with Gasteiger partial charge >= 0.3 is 0 Å². The van der Waals surface area contributed by atoms with E-state index < -0.39 is 0 Å². The summed E-state index contributed by atoms with van der Waals surface area (Å²) in [7, 11) is 4.15. The van der Waals surface area contributed by atoms with Crippen LogP contribution in [0.2, 0.25) is 0 Å². The monoisotopic (exact) mass is 384 g/mol. The van der Waals surface area contributed by atoms with Crippen molar-refractivity contribution < 1.29 is 4.79 Å². The quantitative estimate of drug-likeness (QED) is 0.808. The van der Waals surface area contributed by atoms with Crippen LogP contribution in [0.15, 0.2) is 18.6 Å². The molecule has 0 aliphatic carbocycles. The Labute approximate surface area is 167 Å². The highest BCUT2D eigenvalue weighted by molar-refractivity contribution is 5.98. The number of nitrogens with zero attached hydrogens (tertiary/aromatic N) is 6. The minimum atomic E-state index is 0.00567. The van der Waals surface area contributed by atoms with Gasteiger partial charge in [-0.3, -0.25) is 9.20 Å². The third-order valence-electron chi connectivity index (χ3n) is 6.52. The molecule has 0 spiro atoms. The zero-order valence-corrected chi connectivity index (χ0v) is 17.5. The number of amides is 1. The molecule has 2 aliphatic heterocycles. The van der Waals surface area contributed by atoms with Crippen molar-refractivity contribution in [2.75, 3.05) is 40.3 Å². The normalized spacial score (nSPS) is 22.1. The van der Waals surface area contributed by atoms with Crippen molar-refractivity contribution in [1.29, 1.82) is 0 Å². The number of imidazole rings is 1. The predicted molar refractivity (Wildman–Crippen MR) is 110 cm³/mol. The van der Waals surface area contributed by atoms with Gasteiger partial charge in [0, 0.05) is 43.0 Å². The number of carbonyl (C=O) groups excluding carboxylic acids is 1. The summed E-state index contributed by atoms with van der Waals surface area (Å²) in [5, 5.41) is 0. The highest BCUT2D eigenvalue weighted by Gasteiger charge is 2.31. The number of likely N-dealkylation sites (N-methyl/N-ethyl adjacent to an activating group) is 1. The molecule has 7 nitrogen and oxygen atoms in total. The van der Waals surface area contributed by atoms with Gasteiger partial charge in [-0.15, -0.1) is 0 Å². The molecule has 0 bridgehead atoms. The lowest BCUT2D eigenvalue weighted by Crippen LogP contribution is -2.38. The van der Waals surface area contributed by atoms with E-state index in [4.69, 9.17) is 0 Å². The summed E-state index contributed by atoms with van der Waals surface area (Å²) < 4.78 is 2.04. The van der Waals surface area contributed by atoms with Gasteiger partial charge in [0.15, 0.2) is 11.3 Å². The van der Waals surface area contributed by atoms with Crippen LogP contribution in [-0.4, -0.2) is 87.3 Å². The van der Waals surface area contributed by atoms with Gasteiger partial charge in [0.25, 0.3) is 5.91 Å². The molecule has 28 heavy (non-hydrogen) atoms. The molecule has 0 saturated carbocycles. The number of rotatable bonds is 4. The van der Waals surface area contributed by atoms with Crippen LogP contribution in [0, 0.1) is 0 Å². The first kappa shape index (κ1) is 19.3. The summed E-state index contributed by atoms with van der Waals surface area (Å²) in [5.41, 5.74) is 2.41. The smallest absolute Gasteiger partial charge is 0.276 e. The predicted octanol–water partition coefficient (Wildman–Crippen LogP) is 2.09. The van der Waals surface area contributed by atoms with Gasteiger partial charge in [-0.1, -0.05) is 0 Å². The molecule has 2 aromatic heterocycles. The van der Waals surface area contributed by atoms with E-state index in [0.717, 1.165) is 45.4 Å². The maximum Gasteiger partial charge on any atom is 0.276 e. The summed E-state index contributed by atoms with van der Waals surface area (Å²) in [5.74, 6) is 0.494. The van der Waals surface area contributed by atoms with E-state index in [2.05, 4.69) is 53.8 Å². The fraction of sp³-hybridized carbons (Fsp3) is 0.667. The molecule has 7 heteroatoms. The van der Waals surface area contributed by atoms with E-state index in [-0.39, 0.29) is 5.91 Å². The fourth-order valence-corrected chi connectivity index (χ4v) is 4.61. The number of hydrogen-bond donors (Lipinski definition) is 0. The Kier molecular flexibility index (Phi) is 5.38. The van der Waals surface area contributed by atoms with E-state index in [1.165, 1.54) is 5.69 Å². The molecule has 1 unspecified atom stereocenters. The Hall–Kier alpha value is -1.99. The number of likely N-dealkylation sites (tertiary alicyclic amines) is 2. The second-order valence-corrected chi connectivity index (χ2v) is 8.72. The first-order valence-electron chi connectivity index (χ1n) is 10.5. The van der Waals surface area contributed by atoms with E-state index in [0.29, 0.717) is 29.3 Å². The molecule has 0 N–H and O–H groups in total. The van der Waals surface area contributed by atoms with Gasteiger partial charge in [-0.2, -0.15) is 0 Å². The van der Waals surface area contributed by atoms with Crippen molar-refractivity contribution in [3.63, 3.8) is 0 Å². The van der Waals surface area contributed by atoms with Gasteiger partial charge in [0.1, 0.15) is 6.33 Å². The molecule has 4 rings (SSSR count). The maximum absolute atomic E-state index is 13.1. The zero-order valence-electron chi connectivity index (χ0n) is 17.5. The van der Waals surface area contributed by atoms with Crippen molar-refractivity contribution in [2.24, 2.45) is 0 Å². The van der Waals surface area contributed by atoms with Crippen LogP contribution in [0.3, 0.4) is 0 Å². The Morgan fingerprint density at radius 3 is 2.54 bits per heavy atom. The number of fused-ring (bicyclic) bond motifs is 1. The first-order chi connectivity index (χ1) is 13.5. The van der Waals surface area contributed by atoms with Crippen LogP contribution >= 0.6 is 0 Å². The minimum absolute atomic E-state index is 0.00567. The molecule has 2 aromatic rings. The van der Waals surface area contributed by atoms with Crippen LogP contribution < -0.4 is 0 Å². The average Bonchev–Trinajstić information content (AvgIpc) is 3.35. The lowest BCUT2D eigenvalue weighted by molar-refractivity contribution is 0.0779. The molecule has 152 valence electrons. The summed E-state index contributed by atoms with van der Waals surface area (Å²) in [4.78, 5) is 28.7. The van der Waals surface area contributed by atoms with Crippen molar-refractivity contribution in [1.82, 2.24) is 29.1 Å². The highest BCUT2D eigenvalue weighted by Crippen LogP contribution is 2.29. The number of carbonyl (C=O) groups is 1. The first-order valence-corrected chi connectivity index (χ1v) is 10.5. The molecule has 0 aromatic carbocycles. The number of aromatic nitrogens is 3. The summed E-state index contributed by atoms with van der Waals surface area (Å²) in [6.45, 7) is 8.31. The van der Waals surface area contributed by atoms with Crippen molar-refractivity contribution >= 4 is 11.6 Å². The second kappa shape index (κ2) is 7.79. The van der Waals surface area contributed by atoms with Crippen molar-refractivity contribution in [3.8, 4) is 0 Å². The van der Waals surface area contributed by atoms with E-state index >= 15 is 0 Å². The Morgan fingerprint density at radius 1 is 1.14 bits per heavy atom. The van der Waals surface area contributed by atoms with E-state index in [9.17, 15) is 4.79 Å². The Balaban J connectivity index is 1.55. The lowest BCUT2D eigenvalue weighted by Gasteiger charge is -2.34. The molecule has 1 amide bonds. The Morgan fingerprint density at radius 2 is 1.89 bits per heavy atom. The number of hydrogen-bond acceptors (Lipinski definition) is 5. The van der Waals surface area contributed by atoms with E-state index in [1.54, 1.807) is 6.33 Å². The molecule has 2 fully saturated rings. The second-order valence-electron chi connectivity index (χ2n) is 8.72. The largest absolute Gasteiger partial charge is 0.336 e. The Bertz CT molecular complexity index is 837. The van der Waals surface area contributed by atoms with Gasteiger partial charge in [-0.25, -0.2) is 9.97 Å². The van der Waals surface area contributed by atoms with Gasteiger partial charge < -0.3 is 14.7 Å². The summed E-state index contributed by atoms with van der Waals surface area (Å²) in [6, 6.07) is 3.12. The van der Waals surface area contributed by atoms with Crippen LogP contribution in [0.5, 0.6) is 0 Å². The van der Waals surface area contributed by atoms with Crippen molar-refractivity contribution in [3.05, 3.63) is 30.0 Å².